The van der Waals surface area contributed by atoms with Gasteiger partial charge >= 0.3 is 5.97 Å². The lowest BCUT2D eigenvalue weighted by Crippen LogP contribution is -2.65. The lowest BCUT2D eigenvalue weighted by Gasteiger charge is -2.57. The number of hydrogen-bond donors (Lipinski definition) is 6. The number of nitrogens with zero attached hydrogens (tertiary/aromatic N) is 1. The summed E-state index contributed by atoms with van der Waals surface area (Å²) in [6, 6.07) is 3.69. The van der Waals surface area contributed by atoms with Gasteiger partial charge in [-0.05, 0) is 56.3 Å². The van der Waals surface area contributed by atoms with Crippen molar-refractivity contribution in [1.82, 2.24) is 26.2 Å². The Morgan fingerprint density at radius 2 is 1.72 bits per heavy atom. The number of ether oxygens (including phenoxy) is 2. The molecule has 15 nitrogen and oxygen atoms in total. The first-order valence-electron chi connectivity index (χ1n) is 16.0. The number of carboxylic acids is 1. The predicted molar refractivity (Wildman–Crippen MR) is 169 cm³/mol. The summed E-state index contributed by atoms with van der Waals surface area (Å²) in [6.07, 6.45) is 4.04. The number of Topliss-reactive ketones (excluding diaryl/α,β-unsaturated/α-hetero) is 1. The molecule has 2 heterocycles. The number of carboxylic acid groups (broad SMARTS) is 1. The van der Waals surface area contributed by atoms with Crippen LogP contribution in [0.5, 0.6) is 11.5 Å². The number of ketones is 1. The maximum absolute atomic E-state index is 12.6. The Morgan fingerprint density at radius 3 is 2.32 bits per heavy atom. The van der Waals surface area contributed by atoms with E-state index in [-0.39, 0.29) is 36.3 Å². The lowest BCUT2D eigenvalue weighted by atomic mass is 9.52. The molecule has 4 aliphatic rings. The standard InChI is InChI=1S/C18H21NO3.C14H25N5O6/c1-19-8-7-18-11-4-5-13(20)17(18)22-16-14(21-2)6-3-10(15(16)18)9-12(11)19;1-3-8(2)13(14(24)25)19-12(23)7-18-11(22)6-17-10(21)5-16-9(20)4-15/h3,6,11-12,17H,4-5,7-9H2,1-2H3;8,13H,3-7,15H2,1-2H3,(H,16,20)(H,17,21)(H,18,22)(H,19,23)(H,24,25)/t11-,12+,17-,18-;8-,13-/m00/s1. The highest BCUT2D eigenvalue weighted by Crippen LogP contribution is 2.63. The van der Waals surface area contributed by atoms with Gasteiger partial charge in [0, 0.05) is 23.4 Å². The van der Waals surface area contributed by atoms with Crippen LogP contribution in [0, 0.1) is 11.8 Å². The number of amides is 4. The molecule has 0 radical (unpaired) electrons. The molecule has 7 N–H and O–H groups in total. The molecular formula is C32H46N6O9. The van der Waals surface area contributed by atoms with Crippen molar-refractivity contribution in [2.45, 2.75) is 69.6 Å². The molecule has 1 saturated heterocycles. The molecule has 0 aromatic heterocycles. The number of hydrogen-bond acceptors (Lipinski definition) is 10. The van der Waals surface area contributed by atoms with E-state index in [1.165, 1.54) is 11.1 Å². The molecule has 4 amide bonds. The van der Waals surface area contributed by atoms with E-state index in [2.05, 4.69) is 39.3 Å². The van der Waals surface area contributed by atoms with Crippen molar-refractivity contribution < 1.29 is 43.3 Å². The Balaban J connectivity index is 0.000000213. The van der Waals surface area contributed by atoms with Crippen LogP contribution in [-0.4, -0.2) is 110 Å². The number of benzene rings is 1. The SMILES string of the molecule is CC[C@H](C)[C@H](NC(=O)CNC(=O)CNC(=O)CNC(=O)CN)C(=O)O.COc1ccc2c3c1O[C@H]1C(=O)CC[C@H]4[C@@H](C2)N(C)CC[C@]314. The molecule has 5 rings (SSSR count). The van der Waals surface area contributed by atoms with E-state index in [1.807, 2.05) is 6.07 Å². The van der Waals surface area contributed by atoms with Crippen molar-refractivity contribution in [2.24, 2.45) is 17.6 Å². The number of likely N-dealkylation sites (tertiary alicyclic amines) is 1. The van der Waals surface area contributed by atoms with Gasteiger partial charge in [0.05, 0.1) is 33.3 Å². The zero-order valence-corrected chi connectivity index (χ0v) is 27.4. The summed E-state index contributed by atoms with van der Waals surface area (Å²) in [7, 11) is 3.91. The highest BCUT2D eigenvalue weighted by molar-refractivity contribution is 5.91. The fourth-order valence-electron chi connectivity index (χ4n) is 7.31. The molecule has 1 aromatic carbocycles. The van der Waals surface area contributed by atoms with Crippen molar-refractivity contribution in [3.63, 3.8) is 0 Å². The van der Waals surface area contributed by atoms with Gasteiger partial charge in [0.2, 0.25) is 23.6 Å². The van der Waals surface area contributed by atoms with Gasteiger partial charge in [-0.2, -0.15) is 0 Å². The summed E-state index contributed by atoms with van der Waals surface area (Å²) in [6.45, 7) is 3.15. The maximum Gasteiger partial charge on any atom is 0.326 e. The molecule has 2 fully saturated rings. The molecule has 2 aliphatic heterocycles. The van der Waals surface area contributed by atoms with Crippen LogP contribution >= 0.6 is 0 Å². The number of carbonyl (C=O) groups is 6. The van der Waals surface area contributed by atoms with E-state index < -0.39 is 48.7 Å². The first-order chi connectivity index (χ1) is 22.4. The molecule has 47 heavy (non-hydrogen) atoms. The first kappa shape index (κ1) is 35.6. The second kappa shape index (κ2) is 15.1. The van der Waals surface area contributed by atoms with E-state index in [0.717, 1.165) is 37.3 Å². The number of nitrogens with two attached hydrogens (primary N) is 1. The predicted octanol–water partition coefficient (Wildman–Crippen LogP) is -1.16. The number of nitrogens with one attached hydrogen (secondary N) is 4. The van der Waals surface area contributed by atoms with Crippen LogP contribution in [0.1, 0.15) is 50.7 Å². The minimum absolute atomic E-state index is 0.0933. The second-order valence-corrected chi connectivity index (χ2v) is 12.6. The van der Waals surface area contributed by atoms with Gasteiger partial charge in [0.1, 0.15) is 6.04 Å². The molecule has 1 aromatic rings. The summed E-state index contributed by atoms with van der Waals surface area (Å²) in [4.78, 5) is 71.6. The van der Waals surface area contributed by atoms with Crippen LogP contribution in [0.4, 0.5) is 0 Å². The Hall–Kier alpha value is -4.24. The fourth-order valence-corrected chi connectivity index (χ4v) is 7.31. The first-order valence-corrected chi connectivity index (χ1v) is 16.0. The summed E-state index contributed by atoms with van der Waals surface area (Å²) >= 11 is 0. The van der Waals surface area contributed by atoms with Gasteiger partial charge < -0.3 is 46.5 Å². The second-order valence-electron chi connectivity index (χ2n) is 12.6. The smallest absolute Gasteiger partial charge is 0.326 e. The summed E-state index contributed by atoms with van der Waals surface area (Å²) < 4.78 is 11.8. The summed E-state index contributed by atoms with van der Waals surface area (Å²) in [5.74, 6) is -1.34. The molecule has 0 unspecified atom stereocenters. The largest absolute Gasteiger partial charge is 0.493 e. The minimum Gasteiger partial charge on any atom is -0.493 e. The van der Waals surface area contributed by atoms with Crippen molar-refractivity contribution in [3.05, 3.63) is 23.3 Å². The molecule has 1 spiro atoms. The number of carbonyl (C=O) groups excluding carboxylic acids is 5. The van der Waals surface area contributed by atoms with Crippen molar-refractivity contribution in [1.29, 1.82) is 0 Å². The van der Waals surface area contributed by atoms with Crippen LogP contribution in [0.25, 0.3) is 0 Å². The van der Waals surface area contributed by atoms with Crippen LogP contribution < -0.4 is 36.5 Å². The van der Waals surface area contributed by atoms with Crippen LogP contribution in [-0.2, 0) is 40.6 Å². The number of aliphatic carboxylic acids is 1. The normalized spacial score (nSPS) is 24.6. The Morgan fingerprint density at radius 1 is 1.09 bits per heavy atom. The highest BCUT2D eigenvalue weighted by Gasteiger charge is 2.65. The molecule has 2 aliphatic carbocycles. The van der Waals surface area contributed by atoms with Crippen molar-refractivity contribution in [3.8, 4) is 11.5 Å². The van der Waals surface area contributed by atoms with E-state index in [9.17, 15) is 28.8 Å². The van der Waals surface area contributed by atoms with Crippen LogP contribution in [0.2, 0.25) is 0 Å². The van der Waals surface area contributed by atoms with Gasteiger partial charge in [-0.15, -0.1) is 0 Å². The number of rotatable bonds is 12. The zero-order chi connectivity index (χ0) is 34.5. The number of methoxy groups -OCH3 is 1. The Labute approximate surface area is 273 Å². The topological polar surface area (TPSA) is 218 Å². The van der Waals surface area contributed by atoms with Crippen LogP contribution in [0.3, 0.4) is 0 Å². The van der Waals surface area contributed by atoms with Gasteiger partial charge in [-0.25, -0.2) is 4.79 Å². The van der Waals surface area contributed by atoms with E-state index in [1.54, 1.807) is 21.0 Å². The fraction of sp³-hybridized carbons (Fsp3) is 0.625. The van der Waals surface area contributed by atoms with Gasteiger partial charge in [-0.1, -0.05) is 26.3 Å². The highest BCUT2D eigenvalue weighted by atomic mass is 16.5. The molecule has 258 valence electrons. The molecular weight excluding hydrogens is 612 g/mol. The molecule has 1 saturated carbocycles. The third kappa shape index (κ3) is 7.35. The number of likely N-dealkylation sites (N-methyl/N-ethyl adjacent to an activating group) is 1. The third-order valence-corrected chi connectivity index (χ3v) is 9.91. The minimum atomic E-state index is -1.15. The maximum atomic E-state index is 12.6. The quantitative estimate of drug-likeness (QED) is 0.157. The van der Waals surface area contributed by atoms with Crippen molar-refractivity contribution >= 4 is 35.4 Å². The van der Waals surface area contributed by atoms with Gasteiger partial charge in [0.15, 0.2) is 23.4 Å². The molecule has 15 heteroatoms. The molecule has 6 atom stereocenters. The van der Waals surface area contributed by atoms with Gasteiger partial charge in [0.25, 0.3) is 0 Å². The van der Waals surface area contributed by atoms with Crippen LogP contribution in [0.15, 0.2) is 12.1 Å². The van der Waals surface area contributed by atoms with E-state index in [0.29, 0.717) is 24.8 Å². The van der Waals surface area contributed by atoms with Crippen molar-refractivity contribution in [2.75, 3.05) is 46.9 Å². The zero-order valence-electron chi connectivity index (χ0n) is 27.4. The summed E-state index contributed by atoms with van der Waals surface area (Å²) in [5, 5.41) is 18.1. The van der Waals surface area contributed by atoms with E-state index in [4.69, 9.17) is 20.3 Å². The lowest BCUT2D eigenvalue weighted by molar-refractivity contribution is -0.143. The average molecular weight is 659 g/mol. The number of piperidine rings is 1. The Bertz CT molecular complexity index is 1400. The third-order valence-electron chi connectivity index (χ3n) is 9.91. The molecule has 2 bridgehead atoms. The monoisotopic (exact) mass is 658 g/mol. The van der Waals surface area contributed by atoms with Gasteiger partial charge in [-0.3, -0.25) is 24.0 Å². The Kier molecular flexibility index (Phi) is 11.4. The van der Waals surface area contributed by atoms with E-state index >= 15 is 0 Å². The average Bonchev–Trinajstić information content (AvgIpc) is 3.42. The summed E-state index contributed by atoms with van der Waals surface area (Å²) in [5.41, 5.74) is 7.62.